The number of hydrogen-bond donors (Lipinski definition) is 4. The van der Waals surface area contributed by atoms with Gasteiger partial charge in [0.1, 0.15) is 0 Å². The molecule has 1 amide bonds. The van der Waals surface area contributed by atoms with Gasteiger partial charge in [0.2, 0.25) is 5.95 Å². The van der Waals surface area contributed by atoms with E-state index >= 15 is 0 Å². The number of anilines is 2. The second kappa shape index (κ2) is 9.91. The van der Waals surface area contributed by atoms with Crippen LogP contribution >= 0.6 is 23.4 Å². The SMILES string of the molecule is O=C(NC1CCC(Nc2ncc(Cl)c(-c3c[nH]c4ccccc34)n2)CC1)c1cccc(NCl)c1. The van der Waals surface area contributed by atoms with Crippen LogP contribution in [0.2, 0.25) is 5.02 Å². The first-order chi connectivity index (χ1) is 16.6. The third-order valence-corrected chi connectivity index (χ3v) is 6.71. The van der Waals surface area contributed by atoms with E-state index in [-0.39, 0.29) is 18.0 Å². The van der Waals surface area contributed by atoms with Crippen LogP contribution in [-0.2, 0) is 0 Å². The summed E-state index contributed by atoms with van der Waals surface area (Å²) in [6, 6.07) is 15.5. The molecule has 4 aromatic rings. The fourth-order valence-corrected chi connectivity index (χ4v) is 4.76. The quantitative estimate of drug-likeness (QED) is 0.246. The van der Waals surface area contributed by atoms with Gasteiger partial charge >= 0.3 is 0 Å². The Morgan fingerprint density at radius 3 is 2.65 bits per heavy atom. The fourth-order valence-electron chi connectivity index (χ4n) is 4.45. The number of amides is 1. The Bertz CT molecular complexity index is 1320. The molecule has 0 atom stereocenters. The van der Waals surface area contributed by atoms with Crippen LogP contribution in [-0.4, -0.2) is 32.9 Å². The molecular formula is C25H24Cl2N6O. The standard InChI is InChI=1S/C25H24Cl2N6O/c26-21-14-29-25(32-23(21)20-13-28-22-7-2-1-6-19(20)22)31-17-10-8-16(9-11-17)30-24(34)15-4-3-5-18(12-15)33-27/h1-7,12-14,16-17,28,33H,8-11H2,(H,30,34)(H,29,31,32). The maximum Gasteiger partial charge on any atom is 0.251 e. The third kappa shape index (κ3) is 4.81. The maximum atomic E-state index is 12.6. The minimum atomic E-state index is -0.0884. The number of carbonyl (C=O) groups is 1. The molecule has 1 aliphatic rings. The van der Waals surface area contributed by atoms with Crippen molar-refractivity contribution in [2.45, 2.75) is 37.8 Å². The highest BCUT2D eigenvalue weighted by molar-refractivity contribution is 6.33. The van der Waals surface area contributed by atoms with E-state index < -0.39 is 0 Å². The van der Waals surface area contributed by atoms with Gasteiger partial charge in [0.05, 0.1) is 16.9 Å². The van der Waals surface area contributed by atoms with Gasteiger partial charge in [-0.3, -0.25) is 9.63 Å². The molecule has 174 valence electrons. The lowest BCUT2D eigenvalue weighted by Gasteiger charge is -2.29. The van der Waals surface area contributed by atoms with Gasteiger partial charge in [-0.2, -0.15) is 0 Å². The lowest BCUT2D eigenvalue weighted by atomic mass is 9.91. The molecule has 2 aromatic carbocycles. The number of carbonyl (C=O) groups excluding carboxylic acids is 1. The summed E-state index contributed by atoms with van der Waals surface area (Å²) in [4.78, 5) is 27.5. The number of aromatic nitrogens is 3. The number of aromatic amines is 1. The largest absolute Gasteiger partial charge is 0.360 e. The Labute approximate surface area is 207 Å². The zero-order valence-electron chi connectivity index (χ0n) is 18.3. The van der Waals surface area contributed by atoms with E-state index in [1.165, 1.54) is 0 Å². The highest BCUT2D eigenvalue weighted by atomic mass is 35.5. The number of para-hydroxylation sites is 1. The number of rotatable bonds is 6. The molecule has 1 saturated carbocycles. The Morgan fingerprint density at radius 1 is 1.03 bits per heavy atom. The van der Waals surface area contributed by atoms with Crippen molar-refractivity contribution in [3.63, 3.8) is 0 Å². The van der Waals surface area contributed by atoms with E-state index in [4.69, 9.17) is 28.4 Å². The molecule has 9 heteroatoms. The van der Waals surface area contributed by atoms with Crippen LogP contribution in [0, 0.1) is 0 Å². The molecule has 0 unspecified atom stereocenters. The van der Waals surface area contributed by atoms with E-state index in [2.05, 4.69) is 25.4 Å². The van der Waals surface area contributed by atoms with Gasteiger partial charge in [0.25, 0.3) is 5.91 Å². The smallest absolute Gasteiger partial charge is 0.251 e. The number of nitrogens with one attached hydrogen (secondary N) is 4. The zero-order valence-corrected chi connectivity index (χ0v) is 19.8. The van der Waals surface area contributed by atoms with E-state index in [1.54, 1.807) is 24.4 Å². The number of H-pyrrole nitrogens is 1. The third-order valence-electron chi connectivity index (χ3n) is 6.22. The minimum Gasteiger partial charge on any atom is -0.360 e. The van der Waals surface area contributed by atoms with Crippen molar-refractivity contribution < 1.29 is 4.79 Å². The number of benzene rings is 2. The van der Waals surface area contributed by atoms with Crippen molar-refractivity contribution in [2.75, 3.05) is 10.2 Å². The van der Waals surface area contributed by atoms with E-state index in [0.717, 1.165) is 42.1 Å². The van der Waals surface area contributed by atoms with Crippen LogP contribution in [0.1, 0.15) is 36.0 Å². The number of nitrogens with zero attached hydrogens (tertiary/aromatic N) is 2. The van der Waals surface area contributed by atoms with Crippen molar-refractivity contribution in [1.29, 1.82) is 0 Å². The number of fused-ring (bicyclic) bond motifs is 1. The predicted molar refractivity (Wildman–Crippen MR) is 137 cm³/mol. The molecule has 4 N–H and O–H groups in total. The highest BCUT2D eigenvalue weighted by Gasteiger charge is 2.24. The monoisotopic (exact) mass is 494 g/mol. The second-order valence-electron chi connectivity index (χ2n) is 8.48. The Kier molecular flexibility index (Phi) is 6.56. The topological polar surface area (TPSA) is 94.7 Å². The average molecular weight is 495 g/mol. The highest BCUT2D eigenvalue weighted by Crippen LogP contribution is 2.32. The van der Waals surface area contributed by atoms with Gasteiger partial charge in [0, 0.05) is 57.8 Å². The first kappa shape index (κ1) is 22.5. The van der Waals surface area contributed by atoms with Crippen LogP contribution in [0.25, 0.3) is 22.2 Å². The summed E-state index contributed by atoms with van der Waals surface area (Å²) in [5.41, 5.74) is 3.97. The summed E-state index contributed by atoms with van der Waals surface area (Å²) < 4.78 is 0. The van der Waals surface area contributed by atoms with Crippen molar-refractivity contribution >= 4 is 51.8 Å². The Morgan fingerprint density at radius 2 is 1.82 bits per heavy atom. The average Bonchev–Trinajstić information content (AvgIpc) is 3.30. The van der Waals surface area contributed by atoms with Gasteiger partial charge in [-0.1, -0.05) is 35.9 Å². The molecule has 0 saturated heterocycles. The fraction of sp³-hybridized carbons (Fsp3) is 0.240. The molecule has 1 aliphatic carbocycles. The predicted octanol–water partition coefficient (Wildman–Crippen LogP) is 6.00. The van der Waals surface area contributed by atoms with Crippen molar-refractivity contribution in [2.24, 2.45) is 0 Å². The zero-order chi connectivity index (χ0) is 23.5. The summed E-state index contributed by atoms with van der Waals surface area (Å²) in [6.07, 6.45) is 7.13. The van der Waals surface area contributed by atoms with Gasteiger partial charge in [-0.15, -0.1) is 0 Å². The number of halogens is 2. The molecule has 5 rings (SSSR count). The molecule has 0 spiro atoms. The summed E-state index contributed by atoms with van der Waals surface area (Å²) in [5, 5.41) is 8.16. The normalized spacial score (nSPS) is 17.9. The summed E-state index contributed by atoms with van der Waals surface area (Å²) in [5.74, 6) is 0.470. The first-order valence-corrected chi connectivity index (χ1v) is 12.0. The second-order valence-corrected chi connectivity index (χ2v) is 9.08. The Hall–Kier alpha value is -3.29. The van der Waals surface area contributed by atoms with Gasteiger partial charge in [-0.25, -0.2) is 9.97 Å². The summed E-state index contributed by atoms with van der Waals surface area (Å²) in [6.45, 7) is 0. The van der Waals surface area contributed by atoms with Gasteiger partial charge in [-0.05, 0) is 49.9 Å². The molecule has 34 heavy (non-hydrogen) atoms. The maximum absolute atomic E-state index is 12.6. The lowest BCUT2D eigenvalue weighted by molar-refractivity contribution is 0.0926. The molecular weight excluding hydrogens is 471 g/mol. The van der Waals surface area contributed by atoms with Crippen LogP contribution in [0.4, 0.5) is 11.6 Å². The molecule has 1 fully saturated rings. The minimum absolute atomic E-state index is 0.0884. The van der Waals surface area contributed by atoms with E-state index in [9.17, 15) is 4.79 Å². The van der Waals surface area contributed by atoms with E-state index in [1.807, 2.05) is 36.5 Å². The molecule has 0 radical (unpaired) electrons. The summed E-state index contributed by atoms with van der Waals surface area (Å²) >= 11 is 12.1. The van der Waals surface area contributed by atoms with Crippen LogP contribution in [0.3, 0.4) is 0 Å². The summed E-state index contributed by atoms with van der Waals surface area (Å²) in [7, 11) is 0. The molecule has 7 nitrogen and oxygen atoms in total. The molecule has 0 aliphatic heterocycles. The lowest BCUT2D eigenvalue weighted by Crippen LogP contribution is -2.40. The van der Waals surface area contributed by atoms with Crippen LogP contribution in [0.15, 0.2) is 60.9 Å². The van der Waals surface area contributed by atoms with Crippen molar-refractivity contribution in [3.05, 3.63) is 71.5 Å². The number of hydrogen-bond acceptors (Lipinski definition) is 5. The van der Waals surface area contributed by atoms with Gasteiger partial charge < -0.3 is 15.6 Å². The molecule has 2 heterocycles. The molecule has 0 bridgehead atoms. The Balaban J connectivity index is 1.21. The van der Waals surface area contributed by atoms with Gasteiger partial charge in [0.15, 0.2) is 0 Å². The van der Waals surface area contributed by atoms with E-state index in [0.29, 0.717) is 27.9 Å². The molecule has 2 aromatic heterocycles. The van der Waals surface area contributed by atoms with Crippen molar-refractivity contribution in [1.82, 2.24) is 20.3 Å². The van der Waals surface area contributed by atoms with Crippen LogP contribution < -0.4 is 15.5 Å². The van der Waals surface area contributed by atoms with Crippen LogP contribution in [0.5, 0.6) is 0 Å². The first-order valence-electron chi connectivity index (χ1n) is 11.2. The van der Waals surface area contributed by atoms with Crippen molar-refractivity contribution in [3.8, 4) is 11.3 Å².